The molecule has 10 nitrogen and oxygen atoms in total. The minimum atomic E-state index is -0.652. The van der Waals surface area contributed by atoms with Crippen LogP contribution in [0.25, 0.3) is 11.3 Å². The van der Waals surface area contributed by atoms with Crippen LogP contribution in [0.4, 0.5) is 5.69 Å². The first-order chi connectivity index (χ1) is 14.0. The van der Waals surface area contributed by atoms with Gasteiger partial charge in [0, 0.05) is 17.8 Å². The molecular weight excluding hydrogens is 398 g/mol. The molecule has 152 valence electrons. The number of aliphatic hydroxyl groups excluding tert-OH is 1. The van der Waals surface area contributed by atoms with Crippen molar-refractivity contribution in [2.45, 2.75) is 5.16 Å². The molecular formula is C18H19N5O5S. The van der Waals surface area contributed by atoms with Crippen molar-refractivity contribution in [1.29, 1.82) is 0 Å². The summed E-state index contributed by atoms with van der Waals surface area (Å²) in [6.45, 7) is -0.149. The Bertz CT molecular complexity index is 1040. The van der Waals surface area contributed by atoms with Crippen molar-refractivity contribution in [1.82, 2.24) is 20.1 Å². The van der Waals surface area contributed by atoms with Gasteiger partial charge in [0.2, 0.25) is 0 Å². The highest BCUT2D eigenvalue weighted by Crippen LogP contribution is 2.28. The molecule has 29 heavy (non-hydrogen) atoms. The SMILES string of the molecule is COC(=O)C1=C(Nc2ccccc2-c2nnc(SC)[nH]c2=O)C(=O)N(CCO)C1. The van der Waals surface area contributed by atoms with E-state index in [2.05, 4.69) is 20.5 Å². The van der Waals surface area contributed by atoms with Crippen molar-refractivity contribution in [2.24, 2.45) is 0 Å². The molecule has 3 N–H and O–H groups in total. The first-order valence-electron chi connectivity index (χ1n) is 8.59. The number of esters is 1. The van der Waals surface area contributed by atoms with E-state index < -0.39 is 17.4 Å². The molecule has 3 rings (SSSR count). The summed E-state index contributed by atoms with van der Waals surface area (Å²) in [5.41, 5.74) is 0.629. The number of H-pyrrole nitrogens is 1. The summed E-state index contributed by atoms with van der Waals surface area (Å²) in [7, 11) is 1.22. The van der Waals surface area contributed by atoms with Crippen molar-refractivity contribution < 1.29 is 19.4 Å². The number of β-amino-alcohol motifs (C(OH)–C–C–N with tert-alkyl or cyclic N) is 1. The predicted octanol–water partition coefficient (Wildman–Crippen LogP) is 0.227. The lowest BCUT2D eigenvalue weighted by atomic mass is 10.1. The third-order valence-electron chi connectivity index (χ3n) is 4.27. The first kappa shape index (κ1) is 20.6. The summed E-state index contributed by atoms with van der Waals surface area (Å²) in [4.78, 5) is 41.2. The Balaban J connectivity index is 2.03. The average Bonchev–Trinajstić information content (AvgIpc) is 3.04. The quantitative estimate of drug-likeness (QED) is 0.427. The Morgan fingerprint density at radius 2 is 2.10 bits per heavy atom. The molecule has 0 saturated heterocycles. The molecule has 2 heterocycles. The van der Waals surface area contributed by atoms with Gasteiger partial charge >= 0.3 is 5.97 Å². The summed E-state index contributed by atoms with van der Waals surface area (Å²) in [6.07, 6.45) is 1.76. The molecule has 0 radical (unpaired) electrons. The van der Waals surface area contributed by atoms with Crippen LogP contribution in [0.15, 0.2) is 45.5 Å². The molecule has 0 fully saturated rings. The van der Waals surface area contributed by atoms with Crippen LogP contribution in [0.5, 0.6) is 0 Å². The smallest absolute Gasteiger partial charge is 0.337 e. The van der Waals surface area contributed by atoms with Crippen molar-refractivity contribution in [3.8, 4) is 11.3 Å². The van der Waals surface area contributed by atoms with E-state index >= 15 is 0 Å². The Hall–Kier alpha value is -3.18. The van der Waals surface area contributed by atoms with Gasteiger partial charge in [-0.05, 0) is 12.3 Å². The minimum absolute atomic E-state index is 0.0133. The maximum Gasteiger partial charge on any atom is 0.337 e. The molecule has 0 bridgehead atoms. The largest absolute Gasteiger partial charge is 0.466 e. The van der Waals surface area contributed by atoms with E-state index in [4.69, 9.17) is 9.84 Å². The van der Waals surface area contributed by atoms with Crippen LogP contribution in [-0.2, 0) is 14.3 Å². The van der Waals surface area contributed by atoms with Gasteiger partial charge in [-0.2, -0.15) is 0 Å². The number of ether oxygens (including phenoxy) is 1. The van der Waals surface area contributed by atoms with Crippen molar-refractivity contribution in [3.63, 3.8) is 0 Å². The van der Waals surface area contributed by atoms with Crippen LogP contribution in [0.1, 0.15) is 0 Å². The first-order valence-corrected chi connectivity index (χ1v) is 9.81. The van der Waals surface area contributed by atoms with E-state index in [-0.39, 0.29) is 36.7 Å². The van der Waals surface area contributed by atoms with Crippen LogP contribution in [-0.4, -0.2) is 70.1 Å². The summed E-state index contributed by atoms with van der Waals surface area (Å²) < 4.78 is 4.78. The molecule has 0 atom stereocenters. The van der Waals surface area contributed by atoms with Gasteiger partial charge in [-0.25, -0.2) is 4.79 Å². The number of thioether (sulfide) groups is 1. The zero-order valence-corrected chi connectivity index (χ0v) is 16.6. The Morgan fingerprint density at radius 3 is 2.76 bits per heavy atom. The van der Waals surface area contributed by atoms with E-state index in [1.165, 1.54) is 23.8 Å². The molecule has 1 aliphatic rings. The van der Waals surface area contributed by atoms with Crippen molar-refractivity contribution in [2.75, 3.05) is 38.4 Å². The molecule has 1 aromatic heterocycles. The number of nitrogens with zero attached hydrogens (tertiary/aromatic N) is 3. The predicted molar refractivity (Wildman–Crippen MR) is 106 cm³/mol. The molecule has 1 aromatic carbocycles. The molecule has 0 aliphatic carbocycles. The van der Waals surface area contributed by atoms with Gasteiger partial charge < -0.3 is 20.1 Å². The molecule has 1 aliphatic heterocycles. The van der Waals surface area contributed by atoms with Crippen LogP contribution < -0.4 is 10.9 Å². The average molecular weight is 417 g/mol. The molecule has 0 saturated carbocycles. The number of aromatic amines is 1. The fourth-order valence-corrected chi connectivity index (χ4v) is 3.19. The number of aliphatic hydroxyl groups is 1. The zero-order valence-electron chi connectivity index (χ0n) is 15.8. The van der Waals surface area contributed by atoms with Crippen molar-refractivity contribution >= 4 is 29.3 Å². The van der Waals surface area contributed by atoms with Crippen LogP contribution in [0, 0.1) is 0 Å². The summed E-state index contributed by atoms with van der Waals surface area (Å²) in [6, 6.07) is 6.74. The standard InChI is InChI=1S/C18H19N5O5S/c1-28-17(27)11-9-23(7-8-24)16(26)14(11)19-12-6-4-3-5-10(12)13-15(25)20-18(29-2)22-21-13/h3-6,19,24H,7-9H2,1-2H3,(H,20,22,25). The Kier molecular flexibility index (Phi) is 6.29. The highest BCUT2D eigenvalue weighted by molar-refractivity contribution is 7.98. The number of aromatic nitrogens is 3. The molecule has 2 aromatic rings. The fraction of sp³-hybridized carbons (Fsp3) is 0.278. The van der Waals surface area contributed by atoms with Gasteiger partial charge in [-0.3, -0.25) is 14.6 Å². The van der Waals surface area contributed by atoms with E-state index in [0.29, 0.717) is 16.4 Å². The zero-order chi connectivity index (χ0) is 21.0. The number of anilines is 1. The minimum Gasteiger partial charge on any atom is -0.466 e. The maximum absolute atomic E-state index is 12.7. The van der Waals surface area contributed by atoms with Gasteiger partial charge in [-0.15, -0.1) is 10.2 Å². The third kappa shape index (κ3) is 4.15. The van der Waals surface area contributed by atoms with E-state index in [1.54, 1.807) is 30.5 Å². The lowest BCUT2D eigenvalue weighted by Crippen LogP contribution is -2.31. The summed E-state index contributed by atoms with van der Waals surface area (Å²) >= 11 is 1.25. The Labute approximate surface area is 170 Å². The molecule has 0 unspecified atom stereocenters. The number of nitrogens with one attached hydrogen (secondary N) is 2. The number of carbonyl (C=O) groups is 2. The monoisotopic (exact) mass is 417 g/mol. The highest BCUT2D eigenvalue weighted by Gasteiger charge is 2.34. The van der Waals surface area contributed by atoms with Gasteiger partial charge in [-0.1, -0.05) is 30.0 Å². The molecule has 0 spiro atoms. The normalized spacial score (nSPS) is 13.8. The lowest BCUT2D eigenvalue weighted by molar-refractivity contribution is -0.136. The lowest BCUT2D eigenvalue weighted by Gasteiger charge is -2.15. The van der Waals surface area contributed by atoms with Gasteiger partial charge in [0.05, 0.1) is 25.8 Å². The second-order valence-corrected chi connectivity index (χ2v) is 6.77. The number of hydrogen-bond acceptors (Lipinski definition) is 9. The van der Waals surface area contributed by atoms with E-state index in [9.17, 15) is 14.4 Å². The van der Waals surface area contributed by atoms with Gasteiger partial charge in [0.15, 0.2) is 10.9 Å². The highest BCUT2D eigenvalue weighted by atomic mass is 32.2. The number of amides is 1. The second-order valence-electron chi connectivity index (χ2n) is 5.98. The number of para-hydroxylation sites is 1. The number of benzene rings is 1. The summed E-state index contributed by atoms with van der Waals surface area (Å²) in [5.74, 6) is -1.10. The maximum atomic E-state index is 12.7. The van der Waals surface area contributed by atoms with Crippen LogP contribution in [0.2, 0.25) is 0 Å². The number of hydrogen-bond donors (Lipinski definition) is 3. The topological polar surface area (TPSA) is 138 Å². The van der Waals surface area contributed by atoms with E-state index in [1.807, 2.05) is 0 Å². The fourth-order valence-electron chi connectivity index (χ4n) is 2.87. The number of carbonyl (C=O) groups excluding carboxylic acids is 2. The summed E-state index contributed by atoms with van der Waals surface area (Å²) in [5, 5.41) is 20.4. The second kappa shape index (κ2) is 8.88. The molecule has 1 amide bonds. The van der Waals surface area contributed by atoms with Gasteiger partial charge in [0.25, 0.3) is 11.5 Å². The molecule has 11 heteroatoms. The van der Waals surface area contributed by atoms with Crippen LogP contribution in [0.3, 0.4) is 0 Å². The third-order valence-corrected chi connectivity index (χ3v) is 4.84. The van der Waals surface area contributed by atoms with Crippen LogP contribution >= 0.6 is 11.8 Å². The number of rotatable bonds is 7. The van der Waals surface area contributed by atoms with Gasteiger partial charge in [0.1, 0.15) is 5.70 Å². The van der Waals surface area contributed by atoms with Crippen molar-refractivity contribution in [3.05, 3.63) is 45.9 Å². The van der Waals surface area contributed by atoms with E-state index in [0.717, 1.165) is 0 Å². The Morgan fingerprint density at radius 1 is 1.34 bits per heavy atom. The number of methoxy groups -OCH3 is 1.